The van der Waals surface area contributed by atoms with Gasteiger partial charge in [-0.05, 0) is 57.0 Å². The van der Waals surface area contributed by atoms with Crippen molar-refractivity contribution < 1.29 is 18.7 Å². The molecule has 4 rings (SSSR count). The summed E-state index contributed by atoms with van der Waals surface area (Å²) < 4.78 is 17.3. The van der Waals surface area contributed by atoms with E-state index in [0.717, 1.165) is 5.56 Å². The molecule has 1 atom stereocenters. The van der Waals surface area contributed by atoms with E-state index in [1.807, 2.05) is 45.0 Å². The van der Waals surface area contributed by atoms with Gasteiger partial charge in [0.1, 0.15) is 11.3 Å². The molecule has 162 valence electrons. The van der Waals surface area contributed by atoms with Gasteiger partial charge in [-0.3, -0.25) is 9.59 Å². The molecule has 1 aliphatic rings. The molecule has 1 amide bonds. The Morgan fingerprint density at radius 2 is 1.90 bits per heavy atom. The Bertz CT molecular complexity index is 1150. The Kier molecular flexibility index (Phi) is 6.09. The van der Waals surface area contributed by atoms with Crippen LogP contribution >= 0.6 is 0 Å². The monoisotopic (exact) mass is 421 g/mol. The molecular formula is C25H27NO5. The molecule has 0 spiro atoms. The van der Waals surface area contributed by atoms with E-state index in [2.05, 4.69) is 0 Å². The van der Waals surface area contributed by atoms with Crippen LogP contribution in [0, 0.1) is 0 Å². The molecule has 6 nitrogen and oxygen atoms in total. The summed E-state index contributed by atoms with van der Waals surface area (Å²) in [6.07, 6.45) is 0.784. The van der Waals surface area contributed by atoms with E-state index in [1.54, 1.807) is 29.2 Å². The quantitative estimate of drug-likeness (QED) is 0.499. The van der Waals surface area contributed by atoms with Crippen LogP contribution in [0.25, 0.3) is 11.0 Å². The van der Waals surface area contributed by atoms with Gasteiger partial charge >= 0.3 is 0 Å². The fourth-order valence-electron chi connectivity index (χ4n) is 4.04. The molecule has 0 radical (unpaired) electrons. The highest BCUT2D eigenvalue weighted by atomic mass is 16.5. The van der Waals surface area contributed by atoms with E-state index in [-0.39, 0.29) is 23.2 Å². The third kappa shape index (κ3) is 4.08. The number of ether oxygens (including phenoxy) is 2. The third-order valence-electron chi connectivity index (χ3n) is 5.35. The minimum atomic E-state index is -0.525. The standard InChI is InChI=1S/C25H27NO5/c1-4-29-18-10-7-9-17(15-18)22-21-23(27)19-11-5-6-12-20(19)31-24(21)25(28)26(22)13-8-14-30-16(2)3/h5-7,9-12,15-16,22H,4,8,13-14H2,1-3H3/t22-/m1/s1. The molecule has 31 heavy (non-hydrogen) atoms. The summed E-state index contributed by atoms with van der Waals surface area (Å²) in [5, 5.41) is 0.477. The second-order valence-corrected chi connectivity index (χ2v) is 7.85. The van der Waals surface area contributed by atoms with Gasteiger partial charge in [0, 0.05) is 13.2 Å². The molecule has 0 aliphatic carbocycles. The van der Waals surface area contributed by atoms with E-state index in [1.165, 1.54) is 0 Å². The van der Waals surface area contributed by atoms with Gasteiger partial charge < -0.3 is 18.8 Å². The zero-order valence-corrected chi connectivity index (χ0v) is 18.1. The topological polar surface area (TPSA) is 69.0 Å². The summed E-state index contributed by atoms with van der Waals surface area (Å²) >= 11 is 0. The molecule has 2 aromatic carbocycles. The minimum Gasteiger partial charge on any atom is -0.494 e. The van der Waals surface area contributed by atoms with Gasteiger partial charge in [0.05, 0.1) is 29.7 Å². The van der Waals surface area contributed by atoms with Gasteiger partial charge in [-0.2, -0.15) is 0 Å². The van der Waals surface area contributed by atoms with Crippen molar-refractivity contribution in [3.63, 3.8) is 0 Å². The van der Waals surface area contributed by atoms with Crippen LogP contribution in [0.15, 0.2) is 57.7 Å². The number of amides is 1. The lowest BCUT2D eigenvalue weighted by molar-refractivity contribution is 0.0593. The lowest BCUT2D eigenvalue weighted by atomic mass is 9.98. The van der Waals surface area contributed by atoms with Crippen LogP contribution in [0.5, 0.6) is 5.75 Å². The van der Waals surface area contributed by atoms with Gasteiger partial charge in [-0.1, -0.05) is 24.3 Å². The van der Waals surface area contributed by atoms with E-state index in [0.29, 0.717) is 48.5 Å². The fraction of sp³-hybridized carbons (Fsp3) is 0.360. The molecule has 3 aromatic rings. The normalized spacial score (nSPS) is 15.7. The van der Waals surface area contributed by atoms with Crippen LogP contribution < -0.4 is 10.2 Å². The first-order valence-electron chi connectivity index (χ1n) is 10.7. The number of hydrogen-bond donors (Lipinski definition) is 0. The summed E-state index contributed by atoms with van der Waals surface area (Å²) in [6, 6.07) is 14.1. The van der Waals surface area contributed by atoms with Gasteiger partial charge in [0.2, 0.25) is 5.76 Å². The highest BCUT2D eigenvalue weighted by molar-refractivity contribution is 5.99. The number of fused-ring (bicyclic) bond motifs is 2. The summed E-state index contributed by atoms with van der Waals surface area (Å²) in [5.41, 5.74) is 1.47. The van der Waals surface area contributed by atoms with Crippen molar-refractivity contribution in [3.8, 4) is 5.75 Å². The number of rotatable bonds is 8. The molecule has 0 fully saturated rings. The molecule has 0 bridgehead atoms. The Hall–Kier alpha value is -3.12. The zero-order valence-electron chi connectivity index (χ0n) is 18.1. The first-order chi connectivity index (χ1) is 15.0. The average Bonchev–Trinajstić information content (AvgIpc) is 3.04. The molecule has 1 aromatic heterocycles. The lowest BCUT2D eigenvalue weighted by Gasteiger charge is -2.25. The Balaban J connectivity index is 1.80. The number of carbonyl (C=O) groups excluding carboxylic acids is 1. The third-order valence-corrected chi connectivity index (χ3v) is 5.35. The van der Waals surface area contributed by atoms with Crippen LogP contribution in [-0.4, -0.2) is 36.7 Å². The van der Waals surface area contributed by atoms with Crippen molar-refractivity contribution in [2.24, 2.45) is 0 Å². The van der Waals surface area contributed by atoms with Crippen LogP contribution in [0.3, 0.4) is 0 Å². The van der Waals surface area contributed by atoms with Crippen LogP contribution in [0.2, 0.25) is 0 Å². The maximum absolute atomic E-state index is 13.4. The second kappa shape index (κ2) is 8.94. The van der Waals surface area contributed by atoms with Crippen molar-refractivity contribution >= 4 is 16.9 Å². The van der Waals surface area contributed by atoms with E-state index >= 15 is 0 Å². The lowest BCUT2D eigenvalue weighted by Crippen LogP contribution is -2.31. The second-order valence-electron chi connectivity index (χ2n) is 7.85. The first kappa shape index (κ1) is 21.1. The van der Waals surface area contributed by atoms with E-state index in [4.69, 9.17) is 13.9 Å². The predicted octanol–water partition coefficient (Wildman–Crippen LogP) is 4.55. The van der Waals surface area contributed by atoms with Crippen molar-refractivity contribution in [1.82, 2.24) is 4.90 Å². The maximum atomic E-state index is 13.4. The molecule has 2 heterocycles. The number of benzene rings is 2. The maximum Gasteiger partial charge on any atom is 0.290 e. The molecule has 0 saturated heterocycles. The minimum absolute atomic E-state index is 0.124. The smallest absolute Gasteiger partial charge is 0.290 e. The Morgan fingerprint density at radius 3 is 2.68 bits per heavy atom. The summed E-state index contributed by atoms with van der Waals surface area (Å²) in [6.45, 7) is 7.40. The number of carbonyl (C=O) groups is 1. The molecular weight excluding hydrogens is 394 g/mol. The molecule has 0 saturated carbocycles. The molecule has 1 aliphatic heterocycles. The van der Waals surface area contributed by atoms with E-state index in [9.17, 15) is 9.59 Å². The molecule has 0 unspecified atom stereocenters. The van der Waals surface area contributed by atoms with Gasteiger partial charge in [-0.15, -0.1) is 0 Å². The van der Waals surface area contributed by atoms with Gasteiger partial charge in [-0.25, -0.2) is 0 Å². The molecule has 0 N–H and O–H groups in total. The highest BCUT2D eigenvalue weighted by Crippen LogP contribution is 2.39. The predicted molar refractivity (Wildman–Crippen MR) is 119 cm³/mol. The fourth-order valence-corrected chi connectivity index (χ4v) is 4.04. The van der Waals surface area contributed by atoms with Crippen molar-refractivity contribution in [2.45, 2.75) is 39.3 Å². The highest BCUT2D eigenvalue weighted by Gasteiger charge is 2.42. The first-order valence-corrected chi connectivity index (χ1v) is 10.7. The zero-order chi connectivity index (χ0) is 22.0. The summed E-state index contributed by atoms with van der Waals surface area (Å²) in [5.74, 6) is 0.559. The number of hydrogen-bond acceptors (Lipinski definition) is 5. The van der Waals surface area contributed by atoms with Gasteiger partial charge in [0.15, 0.2) is 5.43 Å². The molecule has 6 heteroatoms. The SMILES string of the molecule is CCOc1cccc([C@@H]2c3c(oc4ccccc4c3=O)C(=O)N2CCCOC(C)C)c1. The summed E-state index contributed by atoms with van der Waals surface area (Å²) in [7, 11) is 0. The Labute approximate surface area is 181 Å². The van der Waals surface area contributed by atoms with Crippen LogP contribution in [0.1, 0.15) is 54.9 Å². The van der Waals surface area contributed by atoms with Crippen LogP contribution in [-0.2, 0) is 4.74 Å². The number of nitrogens with zero attached hydrogens (tertiary/aromatic N) is 1. The van der Waals surface area contributed by atoms with Crippen LogP contribution in [0.4, 0.5) is 0 Å². The largest absolute Gasteiger partial charge is 0.494 e. The number of para-hydroxylation sites is 1. The van der Waals surface area contributed by atoms with Crippen molar-refractivity contribution in [3.05, 3.63) is 75.6 Å². The Morgan fingerprint density at radius 1 is 1.10 bits per heavy atom. The summed E-state index contributed by atoms with van der Waals surface area (Å²) in [4.78, 5) is 28.5. The van der Waals surface area contributed by atoms with Gasteiger partial charge in [0.25, 0.3) is 5.91 Å². The average molecular weight is 421 g/mol. The van der Waals surface area contributed by atoms with E-state index < -0.39 is 6.04 Å². The van der Waals surface area contributed by atoms with Crippen molar-refractivity contribution in [1.29, 1.82) is 0 Å². The van der Waals surface area contributed by atoms with Crippen molar-refractivity contribution in [2.75, 3.05) is 19.8 Å².